The minimum Gasteiger partial charge on any atom is -0.272 e. The van der Waals surface area contributed by atoms with Gasteiger partial charge in [-0.15, -0.1) is 0 Å². The third-order valence-corrected chi connectivity index (χ3v) is 10.9. The van der Waals surface area contributed by atoms with Gasteiger partial charge in [-0.05, 0) is 48.1 Å². The molecular formula is C23H18Br3ClN2O3. The van der Waals surface area contributed by atoms with Crippen molar-refractivity contribution >= 4 is 77.1 Å². The van der Waals surface area contributed by atoms with Gasteiger partial charge in [0, 0.05) is 14.1 Å². The summed E-state index contributed by atoms with van der Waals surface area (Å²) in [4.78, 5) is 41.0. The zero-order chi connectivity index (χ0) is 22.7. The maximum Gasteiger partial charge on any atom is 0.274 e. The van der Waals surface area contributed by atoms with E-state index in [4.69, 9.17) is 11.6 Å². The van der Waals surface area contributed by atoms with Gasteiger partial charge in [0.1, 0.15) is 0 Å². The molecule has 3 fully saturated rings. The molecule has 0 radical (unpaired) electrons. The molecule has 0 unspecified atom stereocenters. The van der Waals surface area contributed by atoms with Crippen LogP contribution in [0.4, 0.5) is 0 Å². The third-order valence-electron chi connectivity index (χ3n) is 6.79. The van der Waals surface area contributed by atoms with E-state index >= 15 is 0 Å². The molecule has 0 N–H and O–H groups in total. The number of rotatable bonds is 4. The lowest BCUT2D eigenvalue weighted by molar-refractivity contribution is -0.156. The maximum absolute atomic E-state index is 13.6. The van der Waals surface area contributed by atoms with Crippen LogP contribution in [0.1, 0.15) is 22.3 Å². The molecule has 2 aliphatic carbocycles. The van der Waals surface area contributed by atoms with Crippen LogP contribution >= 0.6 is 59.4 Å². The van der Waals surface area contributed by atoms with Gasteiger partial charge < -0.3 is 0 Å². The zero-order valence-corrected chi connectivity index (χ0v) is 22.1. The van der Waals surface area contributed by atoms with Gasteiger partial charge in [-0.25, -0.2) is 5.01 Å². The van der Waals surface area contributed by atoms with Gasteiger partial charge in [-0.2, -0.15) is 5.01 Å². The van der Waals surface area contributed by atoms with E-state index in [2.05, 4.69) is 47.8 Å². The topological polar surface area (TPSA) is 57.7 Å². The van der Waals surface area contributed by atoms with Crippen LogP contribution in [0.25, 0.3) is 0 Å². The molecule has 6 atom stereocenters. The third kappa shape index (κ3) is 3.49. The molecule has 1 saturated heterocycles. The molecule has 9 heteroatoms. The lowest BCUT2D eigenvalue weighted by Gasteiger charge is -2.31. The van der Waals surface area contributed by atoms with Gasteiger partial charge in [-0.3, -0.25) is 14.4 Å². The van der Waals surface area contributed by atoms with Crippen LogP contribution < -0.4 is 0 Å². The summed E-state index contributed by atoms with van der Waals surface area (Å²) in [5.41, 5.74) is 1.05. The highest BCUT2D eigenvalue weighted by atomic mass is 79.9. The first-order valence-corrected chi connectivity index (χ1v) is 13.3. The minimum atomic E-state index is -0.474. The number of nitrogens with zero attached hydrogens (tertiary/aromatic N) is 2. The van der Waals surface area contributed by atoms with Crippen molar-refractivity contribution in [2.24, 2.45) is 23.7 Å². The Morgan fingerprint density at radius 2 is 1.53 bits per heavy atom. The molecule has 2 aromatic rings. The second-order valence-corrected chi connectivity index (χ2v) is 11.9. The molecule has 3 aliphatic rings. The number of alkyl halides is 2. The Morgan fingerprint density at radius 3 is 2.09 bits per heavy atom. The van der Waals surface area contributed by atoms with E-state index in [1.54, 1.807) is 24.3 Å². The largest absolute Gasteiger partial charge is 0.274 e. The van der Waals surface area contributed by atoms with E-state index < -0.39 is 17.7 Å². The van der Waals surface area contributed by atoms with Crippen molar-refractivity contribution in [3.8, 4) is 0 Å². The molecule has 0 spiro atoms. The fourth-order valence-corrected chi connectivity index (χ4v) is 7.70. The number of hydrogen-bond acceptors (Lipinski definition) is 3. The molecule has 2 saturated carbocycles. The van der Waals surface area contributed by atoms with Gasteiger partial charge in [0.25, 0.3) is 17.7 Å². The number of amides is 3. The summed E-state index contributed by atoms with van der Waals surface area (Å²) in [5.74, 6) is -1.74. The minimum absolute atomic E-state index is 0.0702. The van der Waals surface area contributed by atoms with E-state index in [1.807, 2.05) is 24.3 Å². The highest BCUT2D eigenvalue weighted by Gasteiger charge is 2.67. The van der Waals surface area contributed by atoms with Crippen LogP contribution in [0.15, 0.2) is 53.0 Å². The number of hydrazine groups is 1. The molecule has 2 aromatic carbocycles. The number of imide groups is 1. The van der Waals surface area contributed by atoms with E-state index in [1.165, 1.54) is 5.01 Å². The number of carbonyl (C=O) groups excluding carboxylic acids is 3. The number of carbonyl (C=O) groups is 3. The van der Waals surface area contributed by atoms with E-state index in [-0.39, 0.29) is 50.4 Å². The van der Waals surface area contributed by atoms with E-state index in [9.17, 15) is 14.4 Å². The SMILES string of the molecule is O=C(c1ccccc1Cl)N(Cc1ccc(Br)cc1)N1C(=O)[C@@H]2[C@H]3C[C@@H]([C@H](Br)[C@@H]3Br)[C@@H]2C1=O. The Bertz CT molecular complexity index is 1080. The summed E-state index contributed by atoms with van der Waals surface area (Å²) in [6, 6.07) is 14.1. The summed E-state index contributed by atoms with van der Waals surface area (Å²) in [6.45, 7) is 0.0824. The summed E-state index contributed by atoms with van der Waals surface area (Å²) < 4.78 is 0.899. The van der Waals surface area contributed by atoms with Crippen molar-refractivity contribution in [1.82, 2.24) is 10.0 Å². The Kier molecular flexibility index (Phi) is 6.01. The second-order valence-electron chi connectivity index (χ2n) is 8.46. The van der Waals surface area contributed by atoms with Gasteiger partial charge in [-0.1, -0.05) is 83.7 Å². The average molecular weight is 646 g/mol. The summed E-state index contributed by atoms with van der Waals surface area (Å²) in [6.07, 6.45) is 0.831. The van der Waals surface area contributed by atoms with Crippen LogP contribution in [0.5, 0.6) is 0 Å². The fraction of sp³-hybridized carbons (Fsp3) is 0.348. The summed E-state index contributed by atoms with van der Waals surface area (Å²) >= 11 is 17.1. The molecule has 0 aromatic heterocycles. The lowest BCUT2D eigenvalue weighted by Crippen LogP contribution is -2.50. The lowest BCUT2D eigenvalue weighted by atomic mass is 9.81. The highest BCUT2D eigenvalue weighted by molar-refractivity contribution is 9.12. The molecule has 1 aliphatic heterocycles. The first-order chi connectivity index (χ1) is 15.3. The van der Waals surface area contributed by atoms with Gasteiger partial charge in [0.15, 0.2) is 0 Å². The number of fused-ring (bicyclic) bond motifs is 5. The van der Waals surface area contributed by atoms with Crippen molar-refractivity contribution in [1.29, 1.82) is 0 Å². The quantitative estimate of drug-likeness (QED) is 0.329. The molecule has 166 valence electrons. The van der Waals surface area contributed by atoms with Crippen molar-refractivity contribution < 1.29 is 14.4 Å². The standard InChI is InChI=1S/C23H18Br3ClN2O3/c24-12-7-5-11(6-8-12)10-28(21(30)13-3-1-2-4-16(13)27)29-22(31)17-14-9-15(18(17)23(29)32)20(26)19(14)25/h1-8,14-15,17-20H,9-10H2/t14-,15-,17-,18+,19-,20+/m1/s1. The maximum atomic E-state index is 13.6. The normalized spacial score (nSPS) is 30.7. The second kappa shape index (κ2) is 8.53. The van der Waals surface area contributed by atoms with Crippen molar-refractivity contribution in [3.05, 3.63) is 69.2 Å². The van der Waals surface area contributed by atoms with Crippen LogP contribution in [-0.4, -0.2) is 37.4 Å². The van der Waals surface area contributed by atoms with Crippen molar-refractivity contribution in [3.63, 3.8) is 0 Å². The fourth-order valence-electron chi connectivity index (χ4n) is 5.34. The zero-order valence-electron chi connectivity index (χ0n) is 16.6. The van der Waals surface area contributed by atoms with Gasteiger partial charge >= 0.3 is 0 Å². The van der Waals surface area contributed by atoms with Crippen LogP contribution in [0.2, 0.25) is 5.02 Å². The molecule has 5 rings (SSSR count). The van der Waals surface area contributed by atoms with Crippen LogP contribution in [0.3, 0.4) is 0 Å². The predicted octanol–water partition coefficient (Wildman–Crippen LogP) is 5.44. The highest BCUT2D eigenvalue weighted by Crippen LogP contribution is 2.60. The van der Waals surface area contributed by atoms with Crippen LogP contribution in [-0.2, 0) is 16.1 Å². The van der Waals surface area contributed by atoms with E-state index in [0.29, 0.717) is 0 Å². The van der Waals surface area contributed by atoms with E-state index in [0.717, 1.165) is 21.5 Å². The first-order valence-electron chi connectivity index (χ1n) is 10.3. The molecule has 3 amide bonds. The average Bonchev–Trinajstić information content (AvgIpc) is 3.38. The number of benzene rings is 2. The molecule has 5 nitrogen and oxygen atoms in total. The van der Waals surface area contributed by atoms with Gasteiger partial charge in [0.2, 0.25) is 0 Å². The molecule has 32 heavy (non-hydrogen) atoms. The number of halogens is 4. The Labute approximate surface area is 215 Å². The Hall–Kier alpha value is -1.22. The van der Waals surface area contributed by atoms with Crippen molar-refractivity contribution in [2.45, 2.75) is 22.6 Å². The van der Waals surface area contributed by atoms with Crippen LogP contribution in [0, 0.1) is 23.7 Å². The molecular weight excluding hydrogens is 627 g/mol. The smallest absolute Gasteiger partial charge is 0.272 e. The first kappa shape index (κ1) is 22.6. The molecule has 1 heterocycles. The predicted molar refractivity (Wildman–Crippen MR) is 131 cm³/mol. The Balaban J connectivity index is 1.54. The van der Waals surface area contributed by atoms with Gasteiger partial charge in [0.05, 0.1) is 29.0 Å². The number of hydrogen-bond donors (Lipinski definition) is 0. The summed E-state index contributed by atoms with van der Waals surface area (Å²) in [5, 5.41) is 2.63. The van der Waals surface area contributed by atoms with Crippen molar-refractivity contribution in [2.75, 3.05) is 0 Å². The molecule has 2 bridgehead atoms. The monoisotopic (exact) mass is 642 g/mol. The Morgan fingerprint density at radius 1 is 0.969 bits per heavy atom. The summed E-state index contributed by atoms with van der Waals surface area (Å²) in [7, 11) is 0.